The second-order valence-corrected chi connectivity index (χ2v) is 10.1. The van der Waals surface area contributed by atoms with Gasteiger partial charge in [-0.1, -0.05) is 30.9 Å². The van der Waals surface area contributed by atoms with Crippen LogP contribution in [0.2, 0.25) is 5.02 Å². The van der Waals surface area contributed by atoms with Crippen LogP contribution in [-0.4, -0.2) is 63.1 Å². The molecule has 1 saturated heterocycles. The second-order valence-electron chi connectivity index (χ2n) is 9.66. The number of carbonyl (C=O) groups excluding carboxylic acids is 1. The van der Waals surface area contributed by atoms with Crippen LogP contribution in [0.3, 0.4) is 0 Å². The number of hydrogen-bond acceptors (Lipinski definition) is 6. The number of nitriles is 1. The second kappa shape index (κ2) is 9.94. The summed E-state index contributed by atoms with van der Waals surface area (Å²) < 4.78 is 1.68. The number of rotatable bonds is 5. The van der Waals surface area contributed by atoms with E-state index in [1.54, 1.807) is 41.4 Å². The maximum Gasteiger partial charge on any atom is 0.253 e. The third-order valence-electron chi connectivity index (χ3n) is 7.42. The fraction of sp³-hybridized carbons (Fsp3) is 0.462. The zero-order valence-electron chi connectivity index (χ0n) is 19.9. The third kappa shape index (κ3) is 4.52. The van der Waals surface area contributed by atoms with Gasteiger partial charge in [0.1, 0.15) is 11.7 Å². The van der Waals surface area contributed by atoms with E-state index in [1.165, 1.54) is 19.3 Å². The highest BCUT2D eigenvalue weighted by atomic mass is 35.5. The Morgan fingerprint density at radius 3 is 2.89 bits per heavy atom. The van der Waals surface area contributed by atoms with E-state index in [9.17, 15) is 10.1 Å². The van der Waals surface area contributed by atoms with Crippen molar-refractivity contribution < 1.29 is 4.79 Å². The molecule has 3 aromatic rings. The summed E-state index contributed by atoms with van der Waals surface area (Å²) >= 11 is 6.56. The number of nitrogens with zero attached hydrogens (tertiary/aromatic N) is 5. The molecule has 1 atom stereocenters. The van der Waals surface area contributed by atoms with Gasteiger partial charge in [-0.25, -0.2) is 9.97 Å². The number of aromatic nitrogens is 3. The van der Waals surface area contributed by atoms with Crippen molar-refractivity contribution in [1.82, 2.24) is 30.1 Å². The van der Waals surface area contributed by atoms with E-state index in [-0.39, 0.29) is 11.4 Å². The van der Waals surface area contributed by atoms with Gasteiger partial charge in [0.05, 0.1) is 21.5 Å². The van der Waals surface area contributed by atoms with Gasteiger partial charge in [-0.05, 0) is 38.0 Å². The molecule has 8 nitrogen and oxygen atoms in total. The summed E-state index contributed by atoms with van der Waals surface area (Å²) in [6.07, 6.45) is 10.7. The van der Waals surface area contributed by atoms with Crippen LogP contribution in [0, 0.1) is 11.3 Å². The number of carbonyl (C=O) groups is 1. The minimum atomic E-state index is -0.189. The Balaban J connectivity index is 1.48. The van der Waals surface area contributed by atoms with Crippen LogP contribution in [-0.2, 0) is 0 Å². The summed E-state index contributed by atoms with van der Waals surface area (Å²) in [6, 6.07) is 7.69. The maximum absolute atomic E-state index is 13.6. The molecule has 1 saturated carbocycles. The lowest BCUT2D eigenvalue weighted by Gasteiger charge is -2.49. The molecular formula is C26H30ClN7O. The van der Waals surface area contributed by atoms with Crippen LogP contribution >= 0.6 is 11.6 Å². The van der Waals surface area contributed by atoms with E-state index >= 15 is 0 Å². The number of nitrogens with one attached hydrogen (secondary N) is 2. The Morgan fingerprint density at radius 2 is 2.11 bits per heavy atom. The third-order valence-corrected chi connectivity index (χ3v) is 7.73. The summed E-state index contributed by atoms with van der Waals surface area (Å²) in [5.41, 5.74) is 1.31. The Labute approximate surface area is 210 Å². The van der Waals surface area contributed by atoms with E-state index in [1.807, 2.05) is 0 Å². The Morgan fingerprint density at radius 1 is 1.29 bits per heavy atom. The molecule has 0 spiro atoms. The molecular weight excluding hydrogens is 462 g/mol. The molecule has 2 N–H and O–H groups in total. The van der Waals surface area contributed by atoms with Gasteiger partial charge in [0, 0.05) is 56.4 Å². The largest absolute Gasteiger partial charge is 0.350 e. The van der Waals surface area contributed by atoms with Crippen molar-refractivity contribution in [3.05, 3.63) is 52.9 Å². The lowest BCUT2D eigenvalue weighted by Crippen LogP contribution is -2.63. The molecule has 1 aliphatic carbocycles. The van der Waals surface area contributed by atoms with Gasteiger partial charge in [0.2, 0.25) is 0 Å². The van der Waals surface area contributed by atoms with E-state index < -0.39 is 0 Å². The lowest BCUT2D eigenvalue weighted by molar-refractivity contribution is 0.0273. The Bertz CT molecular complexity index is 1270. The first-order valence-corrected chi connectivity index (χ1v) is 12.7. The minimum absolute atomic E-state index is 0.0281. The van der Waals surface area contributed by atoms with Gasteiger partial charge >= 0.3 is 0 Å². The summed E-state index contributed by atoms with van der Waals surface area (Å²) in [6.45, 7) is 5.76. The monoisotopic (exact) mass is 491 g/mol. The van der Waals surface area contributed by atoms with Gasteiger partial charge in [-0.2, -0.15) is 5.26 Å². The van der Waals surface area contributed by atoms with E-state index in [2.05, 4.69) is 38.5 Å². The highest BCUT2D eigenvalue weighted by molar-refractivity contribution is 6.36. The topological polar surface area (TPSA) is 98.9 Å². The van der Waals surface area contributed by atoms with E-state index in [4.69, 9.17) is 11.6 Å². The smallest absolute Gasteiger partial charge is 0.253 e. The zero-order chi connectivity index (χ0) is 24.4. The molecule has 9 heteroatoms. The Kier molecular flexibility index (Phi) is 6.74. The average molecular weight is 492 g/mol. The molecule has 182 valence electrons. The van der Waals surface area contributed by atoms with Gasteiger partial charge in [-0.15, -0.1) is 0 Å². The van der Waals surface area contributed by atoms with Gasteiger partial charge in [0.25, 0.3) is 5.91 Å². The molecule has 0 aromatic carbocycles. The zero-order valence-corrected chi connectivity index (χ0v) is 20.7. The normalized spacial score (nSPS) is 20.4. The minimum Gasteiger partial charge on any atom is -0.350 e. The molecule has 2 aliphatic rings. The molecule has 1 unspecified atom stereocenters. The van der Waals surface area contributed by atoms with Crippen LogP contribution in [0.15, 0.2) is 36.8 Å². The van der Waals surface area contributed by atoms with Crippen molar-refractivity contribution in [2.45, 2.75) is 50.6 Å². The summed E-state index contributed by atoms with van der Waals surface area (Å²) in [7, 11) is 0. The predicted octanol–water partition coefficient (Wildman–Crippen LogP) is 3.67. The number of halogens is 1. The lowest BCUT2D eigenvalue weighted by atomic mass is 9.79. The first-order chi connectivity index (χ1) is 17.0. The molecule has 1 amide bonds. The highest BCUT2D eigenvalue weighted by Gasteiger charge is 2.40. The SMILES string of the molecule is CC1CN(C2(CNC(=O)c3cn(-c4ncccc4C#N)c4nccc(Cl)c34)CCCCC2)CCN1. The quantitative estimate of drug-likeness (QED) is 0.565. The van der Waals surface area contributed by atoms with Crippen molar-refractivity contribution in [2.75, 3.05) is 26.2 Å². The number of piperazine rings is 1. The number of pyridine rings is 2. The van der Waals surface area contributed by atoms with Crippen molar-refractivity contribution in [2.24, 2.45) is 0 Å². The molecule has 0 radical (unpaired) electrons. The van der Waals surface area contributed by atoms with Crippen LogP contribution in [0.1, 0.15) is 54.9 Å². The van der Waals surface area contributed by atoms with Crippen molar-refractivity contribution in [3.8, 4) is 11.9 Å². The highest BCUT2D eigenvalue weighted by Crippen LogP contribution is 2.35. The van der Waals surface area contributed by atoms with Crippen LogP contribution < -0.4 is 10.6 Å². The first kappa shape index (κ1) is 23.7. The van der Waals surface area contributed by atoms with E-state index in [0.717, 1.165) is 32.5 Å². The molecule has 0 bridgehead atoms. The molecule has 5 rings (SSSR count). The van der Waals surface area contributed by atoms with Crippen LogP contribution in [0.25, 0.3) is 16.9 Å². The number of fused-ring (bicyclic) bond motifs is 1. The van der Waals surface area contributed by atoms with Crippen LogP contribution in [0.5, 0.6) is 0 Å². The Hall–Kier alpha value is -2.99. The summed E-state index contributed by atoms with van der Waals surface area (Å²) in [4.78, 5) is 25.1. The maximum atomic E-state index is 13.6. The molecule has 35 heavy (non-hydrogen) atoms. The van der Waals surface area contributed by atoms with Gasteiger partial charge < -0.3 is 10.6 Å². The number of hydrogen-bond donors (Lipinski definition) is 2. The summed E-state index contributed by atoms with van der Waals surface area (Å²) in [5, 5.41) is 17.4. The molecule has 2 fully saturated rings. The van der Waals surface area contributed by atoms with Crippen LogP contribution in [0.4, 0.5) is 0 Å². The standard InChI is InChI=1S/C26H30ClN7O/c1-18-15-33(13-12-29-18)26(8-3-2-4-9-26)17-32-25(35)20-16-34(23-19(14-28)6-5-10-30-23)24-22(20)21(27)7-11-31-24/h5-7,10-11,16,18,29H,2-4,8-9,12-13,15,17H2,1H3,(H,32,35). The fourth-order valence-electron chi connectivity index (χ4n) is 5.64. The van der Waals surface area contributed by atoms with Gasteiger partial charge in [0.15, 0.2) is 5.82 Å². The molecule has 3 aromatic heterocycles. The van der Waals surface area contributed by atoms with Gasteiger partial charge in [-0.3, -0.25) is 14.3 Å². The average Bonchev–Trinajstić information content (AvgIpc) is 3.29. The van der Waals surface area contributed by atoms with E-state index in [0.29, 0.717) is 45.6 Å². The van der Waals surface area contributed by atoms with Crippen molar-refractivity contribution in [1.29, 1.82) is 5.26 Å². The number of amides is 1. The first-order valence-electron chi connectivity index (χ1n) is 12.3. The molecule has 1 aliphatic heterocycles. The summed E-state index contributed by atoms with van der Waals surface area (Å²) in [5.74, 6) is 0.235. The van der Waals surface area contributed by atoms with Crippen molar-refractivity contribution >= 4 is 28.5 Å². The van der Waals surface area contributed by atoms with Crippen molar-refractivity contribution in [3.63, 3.8) is 0 Å². The fourth-order valence-corrected chi connectivity index (χ4v) is 5.88. The molecule has 4 heterocycles. The predicted molar refractivity (Wildman–Crippen MR) is 136 cm³/mol.